The van der Waals surface area contributed by atoms with Crippen molar-refractivity contribution in [2.24, 2.45) is 10.9 Å². The number of nitrogens with one attached hydrogen (secondary N) is 3. The van der Waals surface area contributed by atoms with Gasteiger partial charge in [-0.1, -0.05) is 12.1 Å². The summed E-state index contributed by atoms with van der Waals surface area (Å²) in [5, 5.41) is 10.8. The van der Waals surface area contributed by atoms with Crippen LogP contribution in [0.4, 0.5) is 35.9 Å². The summed E-state index contributed by atoms with van der Waals surface area (Å²) < 4.78 is 42.9. The summed E-state index contributed by atoms with van der Waals surface area (Å²) in [7, 11) is 0. The number of fused-ring (bicyclic) bond motifs is 1. The first-order chi connectivity index (χ1) is 14.7. The van der Waals surface area contributed by atoms with Crippen LogP contribution in [0.5, 0.6) is 0 Å². The van der Waals surface area contributed by atoms with E-state index in [1.165, 1.54) is 0 Å². The molecule has 3 rings (SSSR count). The molecule has 0 radical (unpaired) electrons. The zero-order valence-electron chi connectivity index (χ0n) is 15.7. The number of nitroso groups, excluding NO2 is 1. The molecule has 9 nitrogen and oxygen atoms in total. The fraction of sp³-hybridized carbons (Fsp3) is 0.158. The Morgan fingerprint density at radius 1 is 1.10 bits per heavy atom. The Morgan fingerprint density at radius 3 is 2.32 bits per heavy atom. The standard InChI is InChI=1S/C19H16F3N5O4/c20-19(21,22)10-5-6-11(14(7-10)27-30)24-8-16(29)31-9-15(28)17(23)18-25-12-3-1-2-4-13(12)26-18/h1-7,24-26H,8-9,23H2. The molecule has 0 aliphatic carbocycles. The van der Waals surface area contributed by atoms with E-state index in [9.17, 15) is 27.7 Å². The van der Waals surface area contributed by atoms with Gasteiger partial charge in [-0.3, -0.25) is 9.59 Å². The maximum Gasteiger partial charge on any atom is 0.416 e. The number of halogens is 3. The van der Waals surface area contributed by atoms with E-state index in [0.29, 0.717) is 6.07 Å². The van der Waals surface area contributed by atoms with Gasteiger partial charge in [-0.25, -0.2) is 0 Å². The molecule has 0 aromatic heterocycles. The summed E-state index contributed by atoms with van der Waals surface area (Å²) in [4.78, 5) is 34.8. The number of ether oxygens (including phenoxy) is 1. The number of nitrogens with zero attached hydrogens (tertiary/aromatic N) is 1. The first kappa shape index (κ1) is 21.6. The summed E-state index contributed by atoms with van der Waals surface area (Å²) in [6.07, 6.45) is -4.64. The normalized spacial score (nSPS) is 12.3. The maximum atomic E-state index is 12.7. The summed E-state index contributed by atoms with van der Waals surface area (Å²) in [6, 6.07) is 9.41. The van der Waals surface area contributed by atoms with Crippen molar-refractivity contribution in [1.29, 1.82) is 0 Å². The molecular formula is C19H16F3N5O4. The number of para-hydroxylation sites is 2. The van der Waals surface area contributed by atoms with Gasteiger partial charge in [-0.15, -0.1) is 4.91 Å². The second-order valence-corrected chi connectivity index (χ2v) is 6.34. The Morgan fingerprint density at radius 2 is 1.74 bits per heavy atom. The molecule has 1 aliphatic rings. The van der Waals surface area contributed by atoms with Crippen molar-refractivity contribution in [3.8, 4) is 0 Å². The minimum Gasteiger partial charge on any atom is -0.456 e. The Balaban J connectivity index is 1.53. The highest BCUT2D eigenvalue weighted by atomic mass is 19.4. The lowest BCUT2D eigenvalue weighted by atomic mass is 10.1. The number of benzene rings is 2. The molecule has 0 unspecified atom stereocenters. The van der Waals surface area contributed by atoms with Gasteiger partial charge < -0.3 is 26.4 Å². The van der Waals surface area contributed by atoms with Crippen LogP contribution in [0.1, 0.15) is 5.56 Å². The van der Waals surface area contributed by atoms with E-state index >= 15 is 0 Å². The second-order valence-electron chi connectivity index (χ2n) is 6.34. The predicted molar refractivity (Wildman–Crippen MR) is 106 cm³/mol. The first-order valence-corrected chi connectivity index (χ1v) is 8.79. The van der Waals surface area contributed by atoms with Gasteiger partial charge in [-0.05, 0) is 35.5 Å². The molecule has 1 aliphatic heterocycles. The lowest BCUT2D eigenvalue weighted by Gasteiger charge is -2.11. The Hall–Kier alpha value is -4.09. The van der Waals surface area contributed by atoms with E-state index in [0.717, 1.165) is 23.5 Å². The lowest BCUT2D eigenvalue weighted by Crippen LogP contribution is -2.26. The van der Waals surface area contributed by atoms with E-state index < -0.39 is 42.3 Å². The Kier molecular flexibility index (Phi) is 6.09. The average Bonchev–Trinajstić information content (AvgIpc) is 3.18. The van der Waals surface area contributed by atoms with E-state index in [2.05, 4.69) is 21.1 Å². The van der Waals surface area contributed by atoms with Crippen LogP contribution in [0.15, 0.2) is 59.2 Å². The Labute approximate surface area is 173 Å². The van der Waals surface area contributed by atoms with E-state index in [4.69, 9.17) is 10.5 Å². The predicted octanol–water partition coefficient (Wildman–Crippen LogP) is 3.29. The fourth-order valence-corrected chi connectivity index (χ4v) is 2.65. The zero-order valence-corrected chi connectivity index (χ0v) is 15.7. The number of carbonyl (C=O) groups excluding carboxylic acids is 2. The van der Waals surface area contributed by atoms with Gasteiger partial charge in [0.25, 0.3) is 0 Å². The minimum atomic E-state index is -4.64. The molecule has 1 heterocycles. The van der Waals surface area contributed by atoms with Crippen molar-refractivity contribution in [1.82, 2.24) is 0 Å². The quantitative estimate of drug-likeness (QED) is 0.296. The minimum absolute atomic E-state index is 0.0926. The molecule has 0 atom stereocenters. The molecule has 2 aromatic rings. The largest absolute Gasteiger partial charge is 0.456 e. The van der Waals surface area contributed by atoms with E-state index in [-0.39, 0.29) is 17.2 Å². The lowest BCUT2D eigenvalue weighted by molar-refractivity contribution is -0.145. The van der Waals surface area contributed by atoms with Crippen LogP contribution in [-0.2, 0) is 20.5 Å². The van der Waals surface area contributed by atoms with Crippen LogP contribution < -0.4 is 21.7 Å². The number of Topliss-reactive ketones (excluding diaryl/α,β-unsaturated/α-hetero) is 1. The molecule has 0 amide bonds. The van der Waals surface area contributed by atoms with Gasteiger partial charge in [0.05, 0.1) is 22.6 Å². The van der Waals surface area contributed by atoms with Crippen molar-refractivity contribution in [3.05, 3.63) is 64.5 Å². The number of alkyl halides is 3. The number of rotatable bonds is 7. The van der Waals surface area contributed by atoms with Crippen molar-refractivity contribution >= 4 is 34.5 Å². The summed E-state index contributed by atoms with van der Waals surface area (Å²) in [5.41, 5.74) is 5.41. The van der Waals surface area contributed by atoms with Gasteiger partial charge in [0.1, 0.15) is 23.8 Å². The van der Waals surface area contributed by atoms with E-state index in [1.54, 1.807) is 24.3 Å². The van der Waals surface area contributed by atoms with Gasteiger partial charge in [-0.2, -0.15) is 13.2 Å². The molecule has 162 valence electrons. The fourth-order valence-electron chi connectivity index (χ4n) is 2.65. The number of hydrogen-bond donors (Lipinski definition) is 4. The third kappa shape index (κ3) is 5.10. The highest BCUT2D eigenvalue weighted by molar-refractivity contribution is 5.99. The molecule has 0 saturated heterocycles. The molecule has 12 heteroatoms. The van der Waals surface area contributed by atoms with Crippen molar-refractivity contribution < 1.29 is 27.5 Å². The third-order valence-electron chi connectivity index (χ3n) is 4.23. The molecule has 5 N–H and O–H groups in total. The number of esters is 1. The number of nitrogens with two attached hydrogens (primary N) is 1. The van der Waals surface area contributed by atoms with Crippen LogP contribution in [0.2, 0.25) is 0 Å². The molecule has 31 heavy (non-hydrogen) atoms. The number of anilines is 3. The number of hydrogen-bond acceptors (Lipinski definition) is 9. The maximum absolute atomic E-state index is 12.7. The van der Waals surface area contributed by atoms with Crippen molar-refractivity contribution in [2.75, 3.05) is 29.1 Å². The van der Waals surface area contributed by atoms with Crippen LogP contribution >= 0.6 is 0 Å². The average molecular weight is 435 g/mol. The molecule has 0 bridgehead atoms. The smallest absolute Gasteiger partial charge is 0.416 e. The van der Waals surface area contributed by atoms with Gasteiger partial charge >= 0.3 is 12.1 Å². The van der Waals surface area contributed by atoms with Crippen LogP contribution in [-0.4, -0.2) is 24.9 Å². The zero-order chi connectivity index (χ0) is 22.6. The van der Waals surface area contributed by atoms with Gasteiger partial charge in [0, 0.05) is 0 Å². The molecular weight excluding hydrogens is 419 g/mol. The van der Waals surface area contributed by atoms with Gasteiger partial charge in [0.15, 0.2) is 6.61 Å². The monoisotopic (exact) mass is 435 g/mol. The van der Waals surface area contributed by atoms with Crippen LogP contribution in [0.3, 0.4) is 0 Å². The summed E-state index contributed by atoms with van der Waals surface area (Å²) in [6.45, 7) is -1.17. The van der Waals surface area contributed by atoms with Crippen LogP contribution in [0, 0.1) is 4.91 Å². The highest BCUT2D eigenvalue weighted by Crippen LogP contribution is 2.35. The molecule has 0 saturated carbocycles. The van der Waals surface area contributed by atoms with E-state index in [1.807, 2.05) is 0 Å². The molecule has 0 fully saturated rings. The van der Waals surface area contributed by atoms with Crippen LogP contribution in [0.25, 0.3) is 0 Å². The first-order valence-electron chi connectivity index (χ1n) is 8.79. The highest BCUT2D eigenvalue weighted by Gasteiger charge is 2.31. The molecule has 0 spiro atoms. The van der Waals surface area contributed by atoms with Crippen molar-refractivity contribution in [3.63, 3.8) is 0 Å². The summed E-state index contributed by atoms with van der Waals surface area (Å²) in [5.74, 6) is -1.30. The SMILES string of the molecule is NC(C(=O)COC(=O)CNc1ccc(C(F)(F)F)cc1N=O)=C1Nc2ccccc2N1. The molecule has 2 aromatic carbocycles. The number of ketones is 1. The Bertz CT molecular complexity index is 1040. The summed E-state index contributed by atoms with van der Waals surface area (Å²) >= 11 is 0. The number of carbonyl (C=O) groups is 2. The topological polar surface area (TPSA) is 135 Å². The third-order valence-corrected chi connectivity index (χ3v) is 4.23. The van der Waals surface area contributed by atoms with Gasteiger partial charge in [0.2, 0.25) is 5.78 Å². The second kappa shape index (κ2) is 8.73. The van der Waals surface area contributed by atoms with Crippen molar-refractivity contribution in [2.45, 2.75) is 6.18 Å².